The van der Waals surface area contributed by atoms with Crippen molar-refractivity contribution in [2.75, 3.05) is 4.90 Å². The van der Waals surface area contributed by atoms with E-state index in [1.807, 2.05) is 54.6 Å². The number of anilines is 1. The fourth-order valence-electron chi connectivity index (χ4n) is 4.99. The molecule has 6 heteroatoms. The summed E-state index contributed by atoms with van der Waals surface area (Å²) in [5.74, 6) is -0.876. The lowest BCUT2D eigenvalue weighted by atomic mass is 9.77. The molecule has 5 rings (SSSR count). The van der Waals surface area contributed by atoms with Gasteiger partial charge in [-0.25, -0.2) is 8.78 Å². The Kier molecular flexibility index (Phi) is 7.59. The first-order valence-electron chi connectivity index (χ1n) is 12.6. The van der Waals surface area contributed by atoms with Crippen molar-refractivity contribution in [2.45, 2.75) is 31.4 Å². The summed E-state index contributed by atoms with van der Waals surface area (Å²) in [7, 11) is 0. The van der Waals surface area contributed by atoms with Crippen LogP contribution in [0.25, 0.3) is 0 Å². The molecule has 1 aliphatic heterocycles. The topological polar surface area (TPSA) is 46.6 Å². The molecule has 0 N–H and O–H groups in total. The molecule has 0 aromatic heterocycles. The number of hydrogen-bond donors (Lipinski definition) is 0. The van der Waals surface area contributed by atoms with E-state index in [9.17, 15) is 18.4 Å². The minimum Gasteiger partial charge on any atom is -0.489 e. The summed E-state index contributed by atoms with van der Waals surface area (Å²) >= 11 is 0. The Morgan fingerprint density at radius 3 is 2.08 bits per heavy atom. The van der Waals surface area contributed by atoms with Gasteiger partial charge < -0.3 is 14.4 Å². The van der Waals surface area contributed by atoms with Crippen molar-refractivity contribution in [2.24, 2.45) is 5.92 Å². The molecule has 0 unspecified atom stereocenters. The molecule has 1 fully saturated rings. The van der Waals surface area contributed by atoms with E-state index in [1.54, 1.807) is 29.2 Å². The zero-order valence-corrected chi connectivity index (χ0v) is 20.7. The van der Waals surface area contributed by atoms with Crippen molar-refractivity contribution >= 4 is 17.9 Å². The van der Waals surface area contributed by atoms with Gasteiger partial charge in [0, 0.05) is 11.6 Å². The van der Waals surface area contributed by atoms with Crippen LogP contribution < -0.4 is 9.64 Å². The molecule has 4 aromatic carbocycles. The molecule has 192 valence electrons. The summed E-state index contributed by atoms with van der Waals surface area (Å²) in [6, 6.07) is 29.0. The second-order valence-corrected chi connectivity index (χ2v) is 9.45. The quantitative estimate of drug-likeness (QED) is 0.170. The third-order valence-electron chi connectivity index (χ3n) is 7.04. The number of hydrogen-bond acceptors (Lipinski definition) is 3. The Hall–Kier alpha value is -4.32. The van der Waals surface area contributed by atoms with Crippen LogP contribution in [0, 0.1) is 17.6 Å². The normalized spacial score (nSPS) is 17.5. The summed E-state index contributed by atoms with van der Waals surface area (Å²) in [5.41, 5.74) is 3.33. The smallest absolute Gasteiger partial charge is 0.233 e. The zero-order chi connectivity index (χ0) is 26.5. The van der Waals surface area contributed by atoms with Gasteiger partial charge in [-0.15, -0.1) is 0 Å². The summed E-state index contributed by atoms with van der Waals surface area (Å²) in [6.07, 6.45) is 1.79. The number of carbonyl (C=O) groups is 2. The van der Waals surface area contributed by atoms with Crippen molar-refractivity contribution in [1.82, 2.24) is 0 Å². The van der Waals surface area contributed by atoms with Gasteiger partial charge in [0.1, 0.15) is 30.3 Å². The van der Waals surface area contributed by atoms with Gasteiger partial charge in [0.2, 0.25) is 5.91 Å². The third-order valence-corrected chi connectivity index (χ3v) is 7.04. The highest BCUT2D eigenvalue weighted by molar-refractivity contribution is 6.03. The van der Waals surface area contributed by atoms with Crippen LogP contribution in [0.1, 0.15) is 41.5 Å². The van der Waals surface area contributed by atoms with Crippen LogP contribution in [0.2, 0.25) is 0 Å². The van der Waals surface area contributed by atoms with Crippen LogP contribution in [0.3, 0.4) is 0 Å². The van der Waals surface area contributed by atoms with Gasteiger partial charge in [-0.2, -0.15) is 0 Å². The number of amides is 1. The summed E-state index contributed by atoms with van der Waals surface area (Å²) in [5, 5.41) is 0. The van der Waals surface area contributed by atoms with E-state index >= 15 is 0 Å². The van der Waals surface area contributed by atoms with Crippen molar-refractivity contribution in [3.05, 3.63) is 131 Å². The van der Waals surface area contributed by atoms with E-state index in [4.69, 9.17) is 4.74 Å². The summed E-state index contributed by atoms with van der Waals surface area (Å²) in [6.45, 7) is 0.447. The Bertz CT molecular complexity index is 1370. The third kappa shape index (κ3) is 5.49. The molecule has 0 radical (unpaired) electrons. The molecule has 0 saturated carbocycles. The van der Waals surface area contributed by atoms with Gasteiger partial charge in [-0.3, -0.25) is 4.79 Å². The predicted molar refractivity (Wildman–Crippen MR) is 142 cm³/mol. The predicted octanol–water partition coefficient (Wildman–Crippen LogP) is 7.01. The molecular formula is C32H27F2NO3. The number of halogens is 2. The molecule has 0 bridgehead atoms. The number of rotatable bonds is 10. The average molecular weight is 512 g/mol. The van der Waals surface area contributed by atoms with Crippen LogP contribution in [-0.4, -0.2) is 12.2 Å². The van der Waals surface area contributed by atoms with E-state index in [0.29, 0.717) is 30.9 Å². The second kappa shape index (κ2) is 11.4. The lowest BCUT2D eigenvalue weighted by Crippen LogP contribution is -2.55. The van der Waals surface area contributed by atoms with Crippen molar-refractivity contribution in [1.29, 1.82) is 0 Å². The highest BCUT2D eigenvalue weighted by Gasteiger charge is 2.48. The highest BCUT2D eigenvalue weighted by atomic mass is 19.1. The molecule has 1 amide bonds. The van der Waals surface area contributed by atoms with Crippen LogP contribution in [-0.2, 0) is 16.2 Å². The van der Waals surface area contributed by atoms with E-state index in [-0.39, 0.29) is 29.5 Å². The van der Waals surface area contributed by atoms with Gasteiger partial charge in [0.05, 0.1) is 12.0 Å². The first-order chi connectivity index (χ1) is 18.5. The fraction of sp³-hybridized carbons (Fsp3) is 0.188. The van der Waals surface area contributed by atoms with Gasteiger partial charge in [0.15, 0.2) is 0 Å². The minimum absolute atomic E-state index is 0.0743. The second-order valence-electron chi connectivity index (χ2n) is 9.45. The largest absolute Gasteiger partial charge is 0.489 e. The molecular weight excluding hydrogens is 484 g/mol. The molecule has 38 heavy (non-hydrogen) atoms. The van der Waals surface area contributed by atoms with Crippen LogP contribution >= 0.6 is 0 Å². The van der Waals surface area contributed by atoms with Gasteiger partial charge in [0.25, 0.3) is 0 Å². The number of benzene rings is 4. The molecule has 4 nitrogen and oxygen atoms in total. The van der Waals surface area contributed by atoms with Gasteiger partial charge >= 0.3 is 0 Å². The van der Waals surface area contributed by atoms with Gasteiger partial charge in [-0.05, 0) is 78.1 Å². The number of ether oxygens (including phenoxy) is 1. The SMILES string of the molecule is O=C[C@@H](CC[C@H]1C(=O)N(c2ccc(F)cc2)[C@@H]1c1ccc(OCc2ccccc2)cc1)c1ccc(F)cc1. The standard InChI is InChI=1S/C32H27F2NO3/c33-26-11-6-23(7-12-26)25(20-36)10-19-30-31(35(32(30)37)28-15-13-27(34)14-16-28)24-8-17-29(18-9-24)38-21-22-4-2-1-3-5-22/h1-9,11-18,20,25,30-31H,10,19,21H2/t25-,30-,31-/m1/s1. The monoisotopic (exact) mass is 511 g/mol. The lowest BCUT2D eigenvalue weighted by molar-refractivity contribution is -0.131. The first kappa shape index (κ1) is 25.3. The zero-order valence-electron chi connectivity index (χ0n) is 20.7. The maximum absolute atomic E-state index is 13.6. The average Bonchev–Trinajstić information content (AvgIpc) is 2.95. The molecule has 4 aromatic rings. The van der Waals surface area contributed by atoms with Crippen molar-refractivity contribution < 1.29 is 23.1 Å². The summed E-state index contributed by atoms with van der Waals surface area (Å²) < 4.78 is 32.8. The molecule has 0 aliphatic carbocycles. The highest BCUT2D eigenvalue weighted by Crippen LogP contribution is 2.46. The number of nitrogens with zero attached hydrogens (tertiary/aromatic N) is 1. The molecule has 1 aliphatic rings. The van der Waals surface area contributed by atoms with E-state index < -0.39 is 5.92 Å². The lowest BCUT2D eigenvalue weighted by Gasteiger charge is -2.48. The Morgan fingerprint density at radius 1 is 0.816 bits per heavy atom. The van der Waals surface area contributed by atoms with Crippen LogP contribution in [0.5, 0.6) is 5.75 Å². The van der Waals surface area contributed by atoms with E-state index in [0.717, 1.165) is 23.0 Å². The number of β-lactam (4-membered cyclic amide) rings is 1. The Balaban J connectivity index is 1.34. The van der Waals surface area contributed by atoms with Crippen molar-refractivity contribution in [3.63, 3.8) is 0 Å². The molecule has 1 heterocycles. The van der Waals surface area contributed by atoms with E-state index in [1.165, 1.54) is 24.3 Å². The van der Waals surface area contributed by atoms with E-state index in [2.05, 4.69) is 0 Å². The number of carbonyl (C=O) groups excluding carboxylic acids is 2. The molecule has 3 atom stereocenters. The Labute approximate surface area is 220 Å². The molecule has 1 saturated heterocycles. The fourth-order valence-corrected chi connectivity index (χ4v) is 4.99. The molecule has 0 spiro atoms. The van der Waals surface area contributed by atoms with Gasteiger partial charge in [-0.1, -0.05) is 54.6 Å². The minimum atomic E-state index is -0.433. The first-order valence-corrected chi connectivity index (χ1v) is 12.6. The van der Waals surface area contributed by atoms with Crippen LogP contribution in [0.15, 0.2) is 103 Å². The van der Waals surface area contributed by atoms with Crippen molar-refractivity contribution in [3.8, 4) is 5.75 Å². The Morgan fingerprint density at radius 2 is 1.45 bits per heavy atom. The van der Waals surface area contributed by atoms with Crippen LogP contribution in [0.4, 0.5) is 14.5 Å². The number of aldehydes is 1. The summed E-state index contributed by atoms with van der Waals surface area (Å²) in [4.78, 5) is 26.8. The maximum atomic E-state index is 13.6. The maximum Gasteiger partial charge on any atom is 0.233 e.